The maximum Gasteiger partial charge on any atom is 0.0454 e. The smallest absolute Gasteiger partial charge is 0.0454 e. The highest BCUT2D eigenvalue weighted by Crippen LogP contribution is 2.52. The Bertz CT molecular complexity index is 1370. The third kappa shape index (κ3) is 3.97. The summed E-state index contributed by atoms with van der Waals surface area (Å²) in [5.74, 6) is 0. The van der Waals surface area contributed by atoms with Crippen LogP contribution in [0.3, 0.4) is 0 Å². The average molecular weight is 460 g/mol. The molecule has 0 saturated carbocycles. The molecular formula is C34H37N. The Morgan fingerprint density at radius 3 is 2.00 bits per heavy atom. The molecule has 0 heterocycles. The Kier molecular flexibility index (Phi) is 5.63. The lowest BCUT2D eigenvalue weighted by molar-refractivity contribution is 0.585. The van der Waals surface area contributed by atoms with Gasteiger partial charge in [0.05, 0.1) is 0 Å². The van der Waals surface area contributed by atoms with E-state index in [0.717, 1.165) is 0 Å². The zero-order chi connectivity index (χ0) is 25.0. The molecule has 0 unspecified atom stereocenters. The number of nitrogens with zero attached hydrogens (tertiary/aromatic N) is 1. The first-order chi connectivity index (χ1) is 16.6. The summed E-state index contributed by atoms with van der Waals surface area (Å²) in [7, 11) is 0. The van der Waals surface area contributed by atoms with Crippen LogP contribution in [0.1, 0.15) is 65.2 Å². The molecular weight excluding hydrogens is 422 g/mol. The molecule has 4 aromatic carbocycles. The van der Waals surface area contributed by atoms with Crippen molar-refractivity contribution in [1.82, 2.24) is 0 Å². The fourth-order valence-corrected chi connectivity index (χ4v) is 5.72. The quantitative estimate of drug-likeness (QED) is 0.294. The molecule has 35 heavy (non-hydrogen) atoms. The van der Waals surface area contributed by atoms with Gasteiger partial charge in [0.2, 0.25) is 0 Å². The van der Waals surface area contributed by atoms with E-state index in [2.05, 4.69) is 144 Å². The standard InChI is InChI=1S/C34H37N/c1-23(2)35(26-17-13-16-25(20-26)24-14-9-8-10-15-24)32-22-30-28(21-31(32)33(3,4)5)27-18-11-12-19-29(27)34(30,6)7/h8-23H,1-7H3. The van der Waals surface area contributed by atoms with E-state index >= 15 is 0 Å². The molecule has 0 radical (unpaired) electrons. The first-order valence-electron chi connectivity index (χ1n) is 12.8. The fraction of sp³-hybridized carbons (Fsp3) is 0.294. The van der Waals surface area contributed by atoms with E-state index in [-0.39, 0.29) is 10.8 Å². The van der Waals surface area contributed by atoms with Crippen molar-refractivity contribution in [3.8, 4) is 22.3 Å². The van der Waals surface area contributed by atoms with Gasteiger partial charge in [-0.2, -0.15) is 0 Å². The summed E-state index contributed by atoms with van der Waals surface area (Å²) < 4.78 is 0. The van der Waals surface area contributed by atoms with E-state index < -0.39 is 0 Å². The monoisotopic (exact) mass is 459 g/mol. The predicted octanol–water partition coefficient (Wildman–Crippen LogP) is 9.50. The number of rotatable bonds is 4. The molecule has 1 heteroatoms. The molecule has 0 atom stereocenters. The molecule has 1 nitrogen and oxygen atoms in total. The van der Waals surface area contributed by atoms with Gasteiger partial charge >= 0.3 is 0 Å². The highest BCUT2D eigenvalue weighted by molar-refractivity contribution is 5.85. The zero-order valence-electron chi connectivity index (χ0n) is 22.2. The molecule has 0 bridgehead atoms. The molecule has 4 aromatic rings. The van der Waals surface area contributed by atoms with Crippen molar-refractivity contribution in [3.05, 3.63) is 108 Å². The third-order valence-electron chi connectivity index (χ3n) is 7.52. The lowest BCUT2D eigenvalue weighted by Gasteiger charge is -2.36. The summed E-state index contributed by atoms with van der Waals surface area (Å²) >= 11 is 0. The van der Waals surface area contributed by atoms with Gasteiger partial charge < -0.3 is 4.90 Å². The van der Waals surface area contributed by atoms with E-state index in [9.17, 15) is 0 Å². The first kappa shape index (κ1) is 23.4. The van der Waals surface area contributed by atoms with Crippen LogP contribution in [0, 0.1) is 0 Å². The Labute approximate surface area is 211 Å². The maximum absolute atomic E-state index is 2.53. The largest absolute Gasteiger partial charge is 0.339 e. The van der Waals surface area contributed by atoms with E-state index in [1.165, 1.54) is 50.3 Å². The minimum absolute atomic E-state index is 0.0101. The molecule has 0 N–H and O–H groups in total. The number of anilines is 2. The molecule has 0 spiro atoms. The molecule has 178 valence electrons. The van der Waals surface area contributed by atoms with Gasteiger partial charge in [0.1, 0.15) is 0 Å². The summed E-state index contributed by atoms with van der Waals surface area (Å²) in [6.07, 6.45) is 0. The summed E-state index contributed by atoms with van der Waals surface area (Å²) in [6.45, 7) is 16.3. The highest BCUT2D eigenvalue weighted by Gasteiger charge is 2.38. The van der Waals surface area contributed by atoms with Crippen molar-refractivity contribution in [2.45, 2.75) is 65.3 Å². The molecule has 1 aliphatic carbocycles. The van der Waals surface area contributed by atoms with Crippen LogP contribution in [-0.2, 0) is 10.8 Å². The van der Waals surface area contributed by atoms with Gasteiger partial charge in [0.25, 0.3) is 0 Å². The van der Waals surface area contributed by atoms with Crippen molar-refractivity contribution >= 4 is 11.4 Å². The summed E-state index contributed by atoms with van der Waals surface area (Å²) in [4.78, 5) is 2.53. The van der Waals surface area contributed by atoms with Crippen molar-refractivity contribution in [1.29, 1.82) is 0 Å². The van der Waals surface area contributed by atoms with Crippen LogP contribution in [0.2, 0.25) is 0 Å². The summed E-state index contributed by atoms with van der Waals surface area (Å²) in [6, 6.07) is 33.9. The molecule has 0 aromatic heterocycles. The minimum atomic E-state index is -0.0222. The lowest BCUT2D eigenvalue weighted by Crippen LogP contribution is -2.29. The molecule has 0 fully saturated rings. The lowest BCUT2D eigenvalue weighted by atomic mass is 9.79. The maximum atomic E-state index is 2.53. The third-order valence-corrected chi connectivity index (χ3v) is 7.52. The number of benzene rings is 4. The van der Waals surface area contributed by atoms with Gasteiger partial charge in [0.15, 0.2) is 0 Å². The number of hydrogen-bond acceptors (Lipinski definition) is 1. The Morgan fingerprint density at radius 2 is 1.31 bits per heavy atom. The van der Waals surface area contributed by atoms with Crippen LogP contribution in [0.15, 0.2) is 91.0 Å². The van der Waals surface area contributed by atoms with Crippen LogP contribution in [0.5, 0.6) is 0 Å². The second-order valence-electron chi connectivity index (χ2n) is 11.7. The van der Waals surface area contributed by atoms with Crippen LogP contribution in [0.4, 0.5) is 11.4 Å². The van der Waals surface area contributed by atoms with Gasteiger partial charge in [0, 0.05) is 22.8 Å². The molecule has 0 saturated heterocycles. The summed E-state index contributed by atoms with van der Waals surface area (Å²) in [5.41, 5.74) is 12.1. The van der Waals surface area contributed by atoms with Crippen molar-refractivity contribution in [2.24, 2.45) is 0 Å². The van der Waals surface area contributed by atoms with Gasteiger partial charge in [-0.05, 0) is 82.5 Å². The molecule has 1 aliphatic rings. The second-order valence-corrected chi connectivity index (χ2v) is 11.7. The number of fused-ring (bicyclic) bond motifs is 3. The topological polar surface area (TPSA) is 3.24 Å². The van der Waals surface area contributed by atoms with Crippen LogP contribution in [0.25, 0.3) is 22.3 Å². The SMILES string of the molecule is CC(C)N(c1cccc(-c2ccccc2)c1)c1cc2c(cc1C(C)(C)C)-c1ccccc1C2(C)C. The normalized spacial score (nSPS) is 14.1. The Morgan fingerprint density at radius 1 is 0.657 bits per heavy atom. The average Bonchev–Trinajstić information content (AvgIpc) is 3.05. The van der Waals surface area contributed by atoms with Crippen LogP contribution >= 0.6 is 0 Å². The van der Waals surface area contributed by atoms with E-state index in [4.69, 9.17) is 0 Å². The molecule has 0 amide bonds. The van der Waals surface area contributed by atoms with E-state index in [1.54, 1.807) is 0 Å². The second kappa shape index (κ2) is 8.41. The Hall–Kier alpha value is -3.32. The van der Waals surface area contributed by atoms with Gasteiger partial charge in [-0.15, -0.1) is 0 Å². The Balaban J connectivity index is 1.73. The van der Waals surface area contributed by atoms with Gasteiger partial charge in [-0.25, -0.2) is 0 Å². The summed E-state index contributed by atoms with van der Waals surface area (Å²) in [5, 5.41) is 0. The predicted molar refractivity (Wildman–Crippen MR) is 152 cm³/mol. The van der Waals surface area contributed by atoms with E-state index in [1.807, 2.05) is 0 Å². The van der Waals surface area contributed by atoms with Crippen molar-refractivity contribution in [3.63, 3.8) is 0 Å². The van der Waals surface area contributed by atoms with Crippen LogP contribution < -0.4 is 4.90 Å². The van der Waals surface area contributed by atoms with E-state index in [0.29, 0.717) is 6.04 Å². The first-order valence-corrected chi connectivity index (χ1v) is 12.8. The van der Waals surface area contributed by atoms with Gasteiger partial charge in [-0.1, -0.05) is 101 Å². The highest BCUT2D eigenvalue weighted by atomic mass is 15.2. The molecule has 0 aliphatic heterocycles. The van der Waals surface area contributed by atoms with Gasteiger partial charge in [-0.3, -0.25) is 0 Å². The van der Waals surface area contributed by atoms with Crippen molar-refractivity contribution in [2.75, 3.05) is 4.90 Å². The molecule has 5 rings (SSSR count). The van der Waals surface area contributed by atoms with Crippen molar-refractivity contribution < 1.29 is 0 Å². The fourth-order valence-electron chi connectivity index (χ4n) is 5.72. The van der Waals surface area contributed by atoms with Crippen LogP contribution in [-0.4, -0.2) is 6.04 Å². The number of hydrogen-bond donors (Lipinski definition) is 0. The minimum Gasteiger partial charge on any atom is -0.339 e. The zero-order valence-corrected chi connectivity index (χ0v) is 22.2.